The summed E-state index contributed by atoms with van der Waals surface area (Å²) in [7, 11) is 0. The van der Waals surface area contributed by atoms with Crippen LogP contribution in [0.1, 0.15) is 76.8 Å². The number of hydrogen-bond donors (Lipinski definition) is 1. The van der Waals surface area contributed by atoms with Crippen LogP contribution in [0, 0.1) is 0 Å². The Hall–Kier alpha value is -3.97. The molecule has 1 N–H and O–H groups in total. The van der Waals surface area contributed by atoms with Gasteiger partial charge in [-0.1, -0.05) is 89.3 Å². The number of ketones is 1. The molecule has 1 unspecified atom stereocenters. The van der Waals surface area contributed by atoms with Crippen molar-refractivity contribution in [3.63, 3.8) is 0 Å². The van der Waals surface area contributed by atoms with Gasteiger partial charge in [-0.15, -0.1) is 0 Å². The van der Waals surface area contributed by atoms with Gasteiger partial charge in [-0.2, -0.15) is 0 Å². The number of aromatic nitrogens is 1. The van der Waals surface area contributed by atoms with E-state index in [1.807, 2.05) is 67.6 Å². The molecule has 2 heterocycles. The molecule has 4 aromatic rings. The minimum absolute atomic E-state index is 0.0433. The predicted octanol–water partition coefficient (Wildman–Crippen LogP) is 7.92. The van der Waals surface area contributed by atoms with Gasteiger partial charge >= 0.3 is 5.91 Å². The van der Waals surface area contributed by atoms with Gasteiger partial charge in [0.15, 0.2) is 5.13 Å². The molecule has 0 radical (unpaired) electrons. The van der Waals surface area contributed by atoms with E-state index in [1.165, 1.54) is 16.2 Å². The van der Waals surface area contributed by atoms with Crippen LogP contribution in [0.4, 0.5) is 5.13 Å². The highest BCUT2D eigenvalue weighted by atomic mass is 32.1. The number of para-hydroxylation sites is 1. The fraction of sp³-hybridized carbons (Fsp3) is 0.324. The standard InChI is InChI=1S/C34H36N2O4S/c1-8-40-25-18-15-21(19-23(25)34(5,6)7)29(37)27-28(20-13-16-22(17-14-20)33(2,3)4)36(31(39)30(27)38)32-35-24-11-9-10-12-26(24)41-32/h9-19,28,37H,8H2,1-7H3/b29-27+. The number of hydrogen-bond acceptors (Lipinski definition) is 6. The lowest BCUT2D eigenvalue weighted by atomic mass is 9.84. The van der Waals surface area contributed by atoms with Crippen molar-refractivity contribution in [3.8, 4) is 5.75 Å². The maximum absolute atomic E-state index is 13.7. The molecular weight excluding hydrogens is 532 g/mol. The fourth-order valence-corrected chi connectivity index (χ4v) is 6.17. The van der Waals surface area contributed by atoms with Crippen molar-refractivity contribution < 1.29 is 19.4 Å². The second-order valence-electron chi connectivity index (χ2n) is 12.4. The van der Waals surface area contributed by atoms with Gasteiger partial charge in [-0.25, -0.2) is 4.98 Å². The summed E-state index contributed by atoms with van der Waals surface area (Å²) in [5.41, 5.74) is 3.64. The zero-order valence-electron chi connectivity index (χ0n) is 24.6. The molecule has 5 rings (SSSR count). The van der Waals surface area contributed by atoms with Crippen molar-refractivity contribution in [2.75, 3.05) is 11.5 Å². The number of ether oxygens (including phenoxy) is 1. The second kappa shape index (κ2) is 10.5. The third-order valence-electron chi connectivity index (χ3n) is 7.39. The van der Waals surface area contributed by atoms with Crippen LogP contribution in [0.2, 0.25) is 0 Å². The average molecular weight is 569 g/mol. The van der Waals surface area contributed by atoms with Gasteiger partial charge < -0.3 is 9.84 Å². The minimum atomic E-state index is -0.839. The molecule has 41 heavy (non-hydrogen) atoms. The Morgan fingerprint density at radius 3 is 2.24 bits per heavy atom. The van der Waals surface area contributed by atoms with Crippen molar-refractivity contribution in [1.82, 2.24) is 4.98 Å². The molecule has 212 valence electrons. The number of carbonyl (C=O) groups excluding carboxylic acids is 2. The summed E-state index contributed by atoms with van der Waals surface area (Å²) in [6.07, 6.45) is 0. The maximum Gasteiger partial charge on any atom is 0.301 e. The van der Waals surface area contributed by atoms with Gasteiger partial charge in [0.05, 0.1) is 28.4 Å². The van der Waals surface area contributed by atoms with E-state index in [1.54, 1.807) is 6.07 Å². The lowest BCUT2D eigenvalue weighted by Crippen LogP contribution is -2.29. The summed E-state index contributed by atoms with van der Waals surface area (Å²) in [5.74, 6) is -0.943. The second-order valence-corrected chi connectivity index (χ2v) is 13.4. The third-order valence-corrected chi connectivity index (χ3v) is 8.42. The molecule has 0 aliphatic carbocycles. The minimum Gasteiger partial charge on any atom is -0.507 e. The highest BCUT2D eigenvalue weighted by Crippen LogP contribution is 2.45. The van der Waals surface area contributed by atoms with E-state index in [0.29, 0.717) is 17.3 Å². The fourth-order valence-electron chi connectivity index (χ4n) is 5.17. The molecule has 1 aliphatic rings. The molecule has 1 aromatic heterocycles. The van der Waals surface area contributed by atoms with Gasteiger partial charge in [0, 0.05) is 11.1 Å². The Morgan fingerprint density at radius 1 is 0.951 bits per heavy atom. The van der Waals surface area contributed by atoms with Crippen molar-refractivity contribution in [3.05, 3.63) is 94.6 Å². The van der Waals surface area contributed by atoms with Gasteiger partial charge in [0.25, 0.3) is 5.78 Å². The molecule has 1 aliphatic heterocycles. The number of benzene rings is 3. The van der Waals surface area contributed by atoms with E-state index < -0.39 is 17.7 Å². The number of fused-ring (bicyclic) bond motifs is 1. The Morgan fingerprint density at radius 2 is 1.63 bits per heavy atom. The third kappa shape index (κ3) is 5.26. The van der Waals surface area contributed by atoms with Crippen molar-refractivity contribution in [2.24, 2.45) is 0 Å². The van der Waals surface area contributed by atoms with Crippen LogP contribution in [0.15, 0.2) is 72.3 Å². The smallest absolute Gasteiger partial charge is 0.301 e. The normalized spacial score (nSPS) is 17.4. The molecule has 3 aromatic carbocycles. The van der Waals surface area contributed by atoms with Crippen LogP contribution in [0.5, 0.6) is 5.75 Å². The number of nitrogens with zero attached hydrogens (tertiary/aromatic N) is 2. The van der Waals surface area contributed by atoms with Gasteiger partial charge in [0.2, 0.25) is 0 Å². The lowest BCUT2D eigenvalue weighted by Gasteiger charge is -2.25. The number of aliphatic hydroxyl groups excluding tert-OH is 1. The van der Waals surface area contributed by atoms with Crippen molar-refractivity contribution >= 4 is 44.1 Å². The molecule has 1 fully saturated rings. The summed E-state index contributed by atoms with van der Waals surface area (Å²) in [6, 6.07) is 20.1. The summed E-state index contributed by atoms with van der Waals surface area (Å²) < 4.78 is 6.77. The van der Waals surface area contributed by atoms with Gasteiger partial charge in [-0.05, 0) is 59.2 Å². The molecule has 6 nitrogen and oxygen atoms in total. The first-order chi connectivity index (χ1) is 19.3. The number of Topliss-reactive ketones (excluding diaryl/α,β-unsaturated/α-hetero) is 1. The average Bonchev–Trinajstić information content (AvgIpc) is 3.46. The van der Waals surface area contributed by atoms with Crippen LogP contribution < -0.4 is 9.64 Å². The van der Waals surface area contributed by atoms with Crippen LogP contribution in [0.25, 0.3) is 16.0 Å². The Bertz CT molecular complexity index is 1640. The zero-order chi connectivity index (χ0) is 29.7. The van der Waals surface area contributed by atoms with Gasteiger partial charge in [-0.3, -0.25) is 14.5 Å². The topological polar surface area (TPSA) is 79.7 Å². The Labute approximate surface area is 245 Å². The monoisotopic (exact) mass is 568 g/mol. The highest BCUT2D eigenvalue weighted by Gasteiger charge is 2.48. The SMILES string of the molecule is CCOc1ccc(/C(O)=C2\C(=O)C(=O)N(c3nc4ccccc4s3)C2c2ccc(C(C)(C)C)cc2)cc1C(C)(C)C. The first-order valence-corrected chi connectivity index (χ1v) is 14.7. The first-order valence-electron chi connectivity index (χ1n) is 13.9. The first kappa shape index (κ1) is 28.6. The lowest BCUT2D eigenvalue weighted by molar-refractivity contribution is -0.132. The number of anilines is 1. The number of rotatable bonds is 5. The molecule has 1 atom stereocenters. The molecule has 7 heteroatoms. The quantitative estimate of drug-likeness (QED) is 0.150. The largest absolute Gasteiger partial charge is 0.507 e. The number of carbonyl (C=O) groups is 2. The number of thiazole rings is 1. The van der Waals surface area contributed by atoms with Crippen LogP contribution in [-0.2, 0) is 20.4 Å². The number of amides is 1. The van der Waals surface area contributed by atoms with Crippen LogP contribution in [-0.4, -0.2) is 28.4 Å². The molecule has 1 amide bonds. The zero-order valence-corrected chi connectivity index (χ0v) is 25.4. The molecule has 0 spiro atoms. The van der Waals surface area contributed by atoms with E-state index in [9.17, 15) is 14.7 Å². The van der Waals surface area contributed by atoms with Crippen LogP contribution in [0.3, 0.4) is 0 Å². The molecule has 0 saturated carbocycles. The van der Waals surface area contributed by atoms with E-state index in [0.717, 1.165) is 32.7 Å². The van der Waals surface area contributed by atoms with E-state index >= 15 is 0 Å². The summed E-state index contributed by atoms with van der Waals surface area (Å²) in [6.45, 7) is 15.0. The van der Waals surface area contributed by atoms with E-state index in [2.05, 4.69) is 41.5 Å². The predicted molar refractivity (Wildman–Crippen MR) is 166 cm³/mol. The summed E-state index contributed by atoms with van der Waals surface area (Å²) in [4.78, 5) is 33.5. The van der Waals surface area contributed by atoms with Crippen LogP contribution >= 0.6 is 11.3 Å². The Kier molecular flexibility index (Phi) is 7.28. The highest BCUT2D eigenvalue weighted by molar-refractivity contribution is 7.22. The molecule has 0 bridgehead atoms. The summed E-state index contributed by atoms with van der Waals surface area (Å²) in [5, 5.41) is 12.2. The van der Waals surface area contributed by atoms with Gasteiger partial charge in [0.1, 0.15) is 11.5 Å². The van der Waals surface area contributed by atoms with E-state index in [4.69, 9.17) is 9.72 Å². The van der Waals surface area contributed by atoms with Crippen molar-refractivity contribution in [1.29, 1.82) is 0 Å². The molecule has 1 saturated heterocycles. The Balaban J connectivity index is 1.72. The van der Waals surface area contributed by atoms with E-state index in [-0.39, 0.29) is 22.2 Å². The summed E-state index contributed by atoms with van der Waals surface area (Å²) >= 11 is 1.35. The number of aliphatic hydroxyl groups is 1. The molecular formula is C34H36N2O4S. The maximum atomic E-state index is 13.7. The van der Waals surface area contributed by atoms with Crippen molar-refractivity contribution in [2.45, 2.75) is 65.3 Å².